The first-order valence-electron chi connectivity index (χ1n) is 4.82. The molecule has 2 aromatic rings. The molecule has 0 aliphatic rings. The molecule has 0 saturated carbocycles. The third-order valence-corrected chi connectivity index (χ3v) is 1.99. The van der Waals surface area contributed by atoms with Crippen LogP contribution >= 0.6 is 0 Å². The molecule has 0 aliphatic heterocycles. The minimum absolute atomic E-state index is 0.224. The summed E-state index contributed by atoms with van der Waals surface area (Å²) in [6.07, 6.45) is 6.42. The Balaban J connectivity index is 1.95. The van der Waals surface area contributed by atoms with E-state index in [9.17, 15) is 4.79 Å². The fourth-order valence-electron chi connectivity index (χ4n) is 1.20. The maximum absolute atomic E-state index is 11.5. The van der Waals surface area contributed by atoms with Crippen molar-refractivity contribution < 1.29 is 9.53 Å². The zero-order valence-electron chi connectivity index (χ0n) is 8.54. The van der Waals surface area contributed by atoms with Gasteiger partial charge in [0.2, 0.25) is 0 Å². The number of esters is 1. The van der Waals surface area contributed by atoms with Crippen molar-refractivity contribution in [2.45, 2.75) is 6.61 Å². The van der Waals surface area contributed by atoms with E-state index < -0.39 is 0 Å². The van der Waals surface area contributed by atoms with E-state index in [4.69, 9.17) is 4.74 Å². The topological polar surface area (TPSA) is 52.1 Å². The van der Waals surface area contributed by atoms with E-state index in [-0.39, 0.29) is 12.6 Å². The number of carbonyl (C=O) groups excluding carboxylic acids is 1. The lowest BCUT2D eigenvalue weighted by Crippen LogP contribution is -2.05. The maximum Gasteiger partial charge on any atom is 0.340 e. The van der Waals surface area contributed by atoms with E-state index in [0.29, 0.717) is 5.56 Å². The van der Waals surface area contributed by atoms with Gasteiger partial charge in [-0.05, 0) is 18.2 Å². The molecular formula is C12H10N2O2. The van der Waals surface area contributed by atoms with Gasteiger partial charge in [0.05, 0.1) is 5.56 Å². The lowest BCUT2D eigenvalue weighted by molar-refractivity contribution is 0.0472. The van der Waals surface area contributed by atoms with Crippen molar-refractivity contribution in [1.29, 1.82) is 0 Å². The SMILES string of the molecule is O=C(OCc1cccnc1)c1cccnc1. The average Bonchev–Trinajstić information content (AvgIpc) is 2.38. The number of ether oxygens (including phenoxy) is 1. The number of pyridine rings is 2. The molecule has 0 radical (unpaired) electrons. The van der Waals surface area contributed by atoms with Crippen LogP contribution in [0.25, 0.3) is 0 Å². The zero-order chi connectivity index (χ0) is 11.2. The molecule has 2 aromatic heterocycles. The van der Waals surface area contributed by atoms with Crippen LogP contribution in [0.5, 0.6) is 0 Å². The molecule has 4 heteroatoms. The highest BCUT2D eigenvalue weighted by molar-refractivity contribution is 5.88. The van der Waals surface area contributed by atoms with Gasteiger partial charge in [-0.2, -0.15) is 0 Å². The molecule has 80 valence electrons. The molecule has 2 heterocycles. The van der Waals surface area contributed by atoms with Gasteiger partial charge in [0.15, 0.2) is 0 Å². The molecule has 2 rings (SSSR count). The second-order valence-corrected chi connectivity index (χ2v) is 3.18. The fraction of sp³-hybridized carbons (Fsp3) is 0.0833. The van der Waals surface area contributed by atoms with Crippen molar-refractivity contribution in [1.82, 2.24) is 9.97 Å². The number of hydrogen-bond donors (Lipinski definition) is 0. The highest BCUT2D eigenvalue weighted by atomic mass is 16.5. The molecular weight excluding hydrogens is 204 g/mol. The Labute approximate surface area is 92.9 Å². The predicted molar refractivity (Wildman–Crippen MR) is 57.6 cm³/mol. The Kier molecular flexibility index (Phi) is 3.23. The largest absolute Gasteiger partial charge is 0.457 e. The normalized spacial score (nSPS) is 9.75. The summed E-state index contributed by atoms with van der Waals surface area (Å²) in [4.78, 5) is 19.3. The molecule has 0 unspecified atom stereocenters. The van der Waals surface area contributed by atoms with E-state index in [0.717, 1.165) is 5.56 Å². The second-order valence-electron chi connectivity index (χ2n) is 3.18. The summed E-state index contributed by atoms with van der Waals surface area (Å²) >= 11 is 0. The van der Waals surface area contributed by atoms with Gasteiger partial charge in [-0.25, -0.2) is 4.79 Å². The summed E-state index contributed by atoms with van der Waals surface area (Å²) in [5.41, 5.74) is 1.31. The van der Waals surface area contributed by atoms with Crippen molar-refractivity contribution in [3.05, 3.63) is 60.2 Å². The Morgan fingerprint density at radius 1 is 1.12 bits per heavy atom. The summed E-state index contributed by atoms with van der Waals surface area (Å²) in [7, 11) is 0. The second kappa shape index (κ2) is 5.02. The van der Waals surface area contributed by atoms with Crippen molar-refractivity contribution in [3.63, 3.8) is 0 Å². The predicted octanol–water partition coefficient (Wildman–Crippen LogP) is 1.83. The summed E-state index contributed by atoms with van der Waals surface area (Å²) in [5, 5.41) is 0. The Morgan fingerprint density at radius 3 is 2.50 bits per heavy atom. The van der Waals surface area contributed by atoms with Crippen molar-refractivity contribution in [2.24, 2.45) is 0 Å². The zero-order valence-corrected chi connectivity index (χ0v) is 8.54. The first-order valence-corrected chi connectivity index (χ1v) is 4.82. The van der Waals surface area contributed by atoms with E-state index in [1.54, 1.807) is 36.8 Å². The number of aromatic nitrogens is 2. The quantitative estimate of drug-likeness (QED) is 0.731. The molecule has 0 bridgehead atoms. The van der Waals surface area contributed by atoms with Crippen LogP contribution in [0, 0.1) is 0 Å². The van der Waals surface area contributed by atoms with Gasteiger partial charge in [0.1, 0.15) is 6.61 Å². The first-order chi connectivity index (χ1) is 7.86. The Bertz CT molecular complexity index is 457. The highest BCUT2D eigenvalue weighted by Gasteiger charge is 2.06. The van der Waals surface area contributed by atoms with Gasteiger partial charge in [-0.15, -0.1) is 0 Å². The molecule has 16 heavy (non-hydrogen) atoms. The molecule has 0 aromatic carbocycles. The molecule has 0 spiro atoms. The van der Waals surface area contributed by atoms with E-state index in [1.807, 2.05) is 6.07 Å². The minimum atomic E-state index is -0.378. The Hall–Kier alpha value is -2.23. The summed E-state index contributed by atoms with van der Waals surface area (Å²) in [6, 6.07) is 7.01. The van der Waals surface area contributed by atoms with Crippen LogP contribution in [-0.2, 0) is 11.3 Å². The third-order valence-electron chi connectivity index (χ3n) is 1.99. The van der Waals surface area contributed by atoms with Crippen LogP contribution in [0.3, 0.4) is 0 Å². The van der Waals surface area contributed by atoms with Crippen LogP contribution < -0.4 is 0 Å². The van der Waals surface area contributed by atoms with Gasteiger partial charge < -0.3 is 4.74 Å². The first kappa shape index (κ1) is 10.3. The van der Waals surface area contributed by atoms with Crippen LogP contribution in [0.15, 0.2) is 49.1 Å². The maximum atomic E-state index is 11.5. The van der Waals surface area contributed by atoms with E-state index >= 15 is 0 Å². The molecule has 0 aliphatic carbocycles. The fourth-order valence-corrected chi connectivity index (χ4v) is 1.20. The molecule has 0 N–H and O–H groups in total. The van der Waals surface area contributed by atoms with Gasteiger partial charge in [-0.3, -0.25) is 9.97 Å². The molecule has 0 atom stereocenters. The number of hydrogen-bond acceptors (Lipinski definition) is 4. The van der Waals surface area contributed by atoms with E-state index in [2.05, 4.69) is 9.97 Å². The van der Waals surface area contributed by atoms with E-state index in [1.165, 1.54) is 6.20 Å². The van der Waals surface area contributed by atoms with Gasteiger partial charge in [-0.1, -0.05) is 6.07 Å². The summed E-state index contributed by atoms with van der Waals surface area (Å²) < 4.78 is 5.10. The lowest BCUT2D eigenvalue weighted by Gasteiger charge is -2.03. The Morgan fingerprint density at radius 2 is 1.88 bits per heavy atom. The van der Waals surface area contributed by atoms with Gasteiger partial charge in [0, 0.05) is 30.4 Å². The highest BCUT2D eigenvalue weighted by Crippen LogP contribution is 2.03. The van der Waals surface area contributed by atoms with Crippen LogP contribution in [0.2, 0.25) is 0 Å². The summed E-state index contributed by atoms with van der Waals surface area (Å²) in [5.74, 6) is -0.378. The van der Waals surface area contributed by atoms with Crippen molar-refractivity contribution in [3.8, 4) is 0 Å². The number of rotatable bonds is 3. The molecule has 0 saturated heterocycles. The smallest absolute Gasteiger partial charge is 0.340 e. The number of nitrogens with zero attached hydrogens (tertiary/aromatic N) is 2. The summed E-state index contributed by atoms with van der Waals surface area (Å²) in [6.45, 7) is 0.224. The van der Waals surface area contributed by atoms with Gasteiger partial charge >= 0.3 is 5.97 Å². The molecule has 4 nitrogen and oxygen atoms in total. The molecule has 0 amide bonds. The van der Waals surface area contributed by atoms with Crippen LogP contribution in [0.1, 0.15) is 15.9 Å². The lowest BCUT2D eigenvalue weighted by atomic mass is 10.3. The van der Waals surface area contributed by atoms with Gasteiger partial charge in [0.25, 0.3) is 0 Å². The standard InChI is InChI=1S/C12H10N2O2/c15-12(11-4-2-6-14-8-11)16-9-10-3-1-5-13-7-10/h1-8H,9H2. The van der Waals surface area contributed by atoms with Crippen molar-refractivity contribution >= 4 is 5.97 Å². The molecule has 0 fully saturated rings. The number of carbonyl (C=O) groups is 1. The van der Waals surface area contributed by atoms with Crippen LogP contribution in [0.4, 0.5) is 0 Å². The average molecular weight is 214 g/mol. The minimum Gasteiger partial charge on any atom is -0.457 e. The third kappa shape index (κ3) is 2.63. The van der Waals surface area contributed by atoms with Crippen LogP contribution in [-0.4, -0.2) is 15.9 Å². The monoisotopic (exact) mass is 214 g/mol. The van der Waals surface area contributed by atoms with Crippen molar-refractivity contribution in [2.75, 3.05) is 0 Å².